The van der Waals surface area contributed by atoms with Crippen LogP contribution < -0.4 is 5.32 Å². The van der Waals surface area contributed by atoms with Gasteiger partial charge in [0.2, 0.25) is 5.95 Å². The zero-order chi connectivity index (χ0) is 11.4. The van der Waals surface area contributed by atoms with Gasteiger partial charge in [0.25, 0.3) is 0 Å². The molecule has 0 spiro atoms. The van der Waals surface area contributed by atoms with E-state index < -0.39 is 0 Å². The van der Waals surface area contributed by atoms with Crippen molar-refractivity contribution >= 4 is 17.5 Å². The van der Waals surface area contributed by atoms with Gasteiger partial charge < -0.3 is 5.32 Å². The van der Waals surface area contributed by atoms with Crippen molar-refractivity contribution in [2.75, 3.05) is 5.32 Å². The highest BCUT2D eigenvalue weighted by atomic mass is 35.5. The average Bonchev–Trinajstić information content (AvgIpc) is 2.30. The van der Waals surface area contributed by atoms with E-state index in [0.717, 1.165) is 0 Å². The van der Waals surface area contributed by atoms with Gasteiger partial charge in [0.05, 0.1) is 6.04 Å². The van der Waals surface area contributed by atoms with Crippen LogP contribution in [0.2, 0.25) is 5.15 Å². The number of hydrogen-bond donors (Lipinski definition) is 1. The normalized spacial score (nSPS) is 12.1. The SMILES string of the molecule is CC(Nc1nccc(Cl)n1)c1ccccc1. The molecule has 0 saturated heterocycles. The fourth-order valence-corrected chi connectivity index (χ4v) is 1.56. The summed E-state index contributed by atoms with van der Waals surface area (Å²) in [7, 11) is 0. The molecule has 0 radical (unpaired) electrons. The van der Waals surface area contributed by atoms with Crippen LogP contribution in [0.1, 0.15) is 18.5 Å². The molecule has 3 nitrogen and oxygen atoms in total. The molecule has 1 heterocycles. The maximum Gasteiger partial charge on any atom is 0.224 e. The summed E-state index contributed by atoms with van der Waals surface area (Å²) in [5.41, 5.74) is 1.19. The molecule has 0 aliphatic carbocycles. The molecule has 0 aliphatic rings. The van der Waals surface area contributed by atoms with E-state index >= 15 is 0 Å². The van der Waals surface area contributed by atoms with E-state index in [0.29, 0.717) is 11.1 Å². The van der Waals surface area contributed by atoms with E-state index in [1.54, 1.807) is 12.3 Å². The topological polar surface area (TPSA) is 37.8 Å². The Balaban J connectivity index is 2.11. The Morgan fingerprint density at radius 1 is 1.19 bits per heavy atom. The average molecular weight is 234 g/mol. The molecular weight excluding hydrogens is 222 g/mol. The first-order chi connectivity index (χ1) is 7.75. The quantitative estimate of drug-likeness (QED) is 0.827. The lowest BCUT2D eigenvalue weighted by atomic mass is 10.1. The second-order valence-corrected chi connectivity index (χ2v) is 3.87. The third-order valence-electron chi connectivity index (χ3n) is 2.27. The lowest BCUT2D eigenvalue weighted by Crippen LogP contribution is -2.09. The Kier molecular flexibility index (Phi) is 3.37. The van der Waals surface area contributed by atoms with Crippen molar-refractivity contribution in [1.29, 1.82) is 0 Å². The van der Waals surface area contributed by atoms with Gasteiger partial charge in [0.15, 0.2) is 0 Å². The molecule has 1 unspecified atom stereocenters. The Morgan fingerprint density at radius 3 is 2.62 bits per heavy atom. The van der Waals surface area contributed by atoms with Gasteiger partial charge in [-0.1, -0.05) is 41.9 Å². The summed E-state index contributed by atoms with van der Waals surface area (Å²) in [5.74, 6) is 0.545. The summed E-state index contributed by atoms with van der Waals surface area (Å²) in [6, 6.07) is 11.9. The molecule has 0 saturated carbocycles. The largest absolute Gasteiger partial charge is 0.348 e. The van der Waals surface area contributed by atoms with Gasteiger partial charge in [-0.05, 0) is 18.6 Å². The molecule has 16 heavy (non-hydrogen) atoms. The molecule has 1 atom stereocenters. The van der Waals surface area contributed by atoms with Crippen molar-refractivity contribution in [3.05, 3.63) is 53.3 Å². The number of nitrogens with zero attached hydrogens (tertiary/aromatic N) is 2. The molecule has 4 heteroatoms. The summed E-state index contributed by atoms with van der Waals surface area (Å²) in [4.78, 5) is 8.18. The summed E-state index contributed by atoms with van der Waals surface area (Å²) in [6.07, 6.45) is 1.63. The number of benzene rings is 1. The second kappa shape index (κ2) is 4.94. The fraction of sp³-hybridized carbons (Fsp3) is 0.167. The molecule has 2 aromatic rings. The number of halogens is 1. The number of nitrogens with one attached hydrogen (secondary N) is 1. The van der Waals surface area contributed by atoms with Crippen molar-refractivity contribution in [1.82, 2.24) is 9.97 Å². The van der Waals surface area contributed by atoms with E-state index in [-0.39, 0.29) is 6.04 Å². The number of aromatic nitrogens is 2. The highest BCUT2D eigenvalue weighted by Gasteiger charge is 2.05. The first kappa shape index (κ1) is 10.9. The van der Waals surface area contributed by atoms with Gasteiger partial charge in [0, 0.05) is 6.20 Å². The fourth-order valence-electron chi connectivity index (χ4n) is 1.42. The zero-order valence-electron chi connectivity index (χ0n) is 8.89. The summed E-state index contributed by atoms with van der Waals surface area (Å²) in [5, 5.41) is 3.63. The minimum absolute atomic E-state index is 0.152. The molecule has 1 aromatic carbocycles. The van der Waals surface area contributed by atoms with E-state index in [4.69, 9.17) is 11.6 Å². The van der Waals surface area contributed by atoms with Crippen LogP contribution >= 0.6 is 11.6 Å². The minimum Gasteiger partial charge on any atom is -0.348 e. The van der Waals surface area contributed by atoms with Crippen LogP contribution in [0.4, 0.5) is 5.95 Å². The maximum atomic E-state index is 5.78. The maximum absolute atomic E-state index is 5.78. The van der Waals surface area contributed by atoms with Crippen LogP contribution in [0.15, 0.2) is 42.6 Å². The molecule has 0 amide bonds. The lowest BCUT2D eigenvalue weighted by molar-refractivity contribution is 0.860. The Morgan fingerprint density at radius 2 is 1.94 bits per heavy atom. The molecule has 0 bridgehead atoms. The second-order valence-electron chi connectivity index (χ2n) is 3.48. The number of anilines is 1. The highest BCUT2D eigenvalue weighted by Crippen LogP contribution is 2.16. The Labute approximate surface area is 99.5 Å². The van der Waals surface area contributed by atoms with Gasteiger partial charge in [-0.2, -0.15) is 0 Å². The van der Waals surface area contributed by atoms with E-state index in [9.17, 15) is 0 Å². The van der Waals surface area contributed by atoms with Crippen LogP contribution in [-0.2, 0) is 0 Å². The number of hydrogen-bond acceptors (Lipinski definition) is 3. The van der Waals surface area contributed by atoms with Gasteiger partial charge in [0.1, 0.15) is 5.15 Å². The third-order valence-corrected chi connectivity index (χ3v) is 2.48. The standard InChI is InChI=1S/C12H12ClN3/c1-9(10-5-3-2-4-6-10)15-12-14-8-7-11(13)16-12/h2-9H,1H3,(H,14,15,16). The van der Waals surface area contributed by atoms with Crippen LogP contribution in [0.25, 0.3) is 0 Å². The van der Waals surface area contributed by atoms with Gasteiger partial charge in [-0.3, -0.25) is 0 Å². The first-order valence-corrected chi connectivity index (χ1v) is 5.43. The number of rotatable bonds is 3. The molecule has 1 N–H and O–H groups in total. The predicted octanol–water partition coefficient (Wildman–Crippen LogP) is 3.30. The van der Waals surface area contributed by atoms with Crippen molar-refractivity contribution in [3.8, 4) is 0 Å². The van der Waals surface area contributed by atoms with Crippen LogP contribution in [0.3, 0.4) is 0 Å². The van der Waals surface area contributed by atoms with Crippen LogP contribution in [-0.4, -0.2) is 9.97 Å². The molecule has 0 aliphatic heterocycles. The lowest BCUT2D eigenvalue weighted by Gasteiger charge is -2.13. The van der Waals surface area contributed by atoms with Gasteiger partial charge in [-0.25, -0.2) is 9.97 Å². The van der Waals surface area contributed by atoms with E-state index in [1.807, 2.05) is 18.2 Å². The van der Waals surface area contributed by atoms with Crippen molar-refractivity contribution in [2.24, 2.45) is 0 Å². The van der Waals surface area contributed by atoms with E-state index in [1.165, 1.54) is 5.56 Å². The van der Waals surface area contributed by atoms with Crippen molar-refractivity contribution in [3.63, 3.8) is 0 Å². The molecule has 82 valence electrons. The summed E-state index contributed by atoms with van der Waals surface area (Å²) in [6.45, 7) is 2.06. The summed E-state index contributed by atoms with van der Waals surface area (Å²) >= 11 is 5.78. The molecule has 2 rings (SSSR count). The van der Waals surface area contributed by atoms with Crippen LogP contribution in [0, 0.1) is 0 Å². The van der Waals surface area contributed by atoms with Crippen molar-refractivity contribution in [2.45, 2.75) is 13.0 Å². The van der Waals surface area contributed by atoms with Crippen molar-refractivity contribution < 1.29 is 0 Å². The molecular formula is C12H12ClN3. The summed E-state index contributed by atoms with van der Waals surface area (Å²) < 4.78 is 0. The zero-order valence-corrected chi connectivity index (χ0v) is 9.65. The minimum atomic E-state index is 0.152. The first-order valence-electron chi connectivity index (χ1n) is 5.06. The highest BCUT2D eigenvalue weighted by molar-refractivity contribution is 6.29. The Hall–Kier alpha value is -1.61. The Bertz CT molecular complexity index is 459. The molecule has 0 fully saturated rings. The predicted molar refractivity (Wildman–Crippen MR) is 65.5 cm³/mol. The van der Waals surface area contributed by atoms with Gasteiger partial charge in [-0.15, -0.1) is 0 Å². The monoisotopic (exact) mass is 233 g/mol. The third kappa shape index (κ3) is 2.70. The van der Waals surface area contributed by atoms with E-state index in [2.05, 4.69) is 34.3 Å². The van der Waals surface area contributed by atoms with Gasteiger partial charge >= 0.3 is 0 Å². The smallest absolute Gasteiger partial charge is 0.224 e. The molecule has 1 aromatic heterocycles. The van der Waals surface area contributed by atoms with Crippen LogP contribution in [0.5, 0.6) is 0 Å².